The van der Waals surface area contributed by atoms with Gasteiger partial charge in [0.05, 0.1) is 26.5 Å². The standard InChI is InChI=1S/C21H22FN3O4/c1-25-19(21(26)23-10-11-29-15-6-4-14(22)5-7-15)13-18(24-25)17-12-16(27-2)8-9-20(17)28-3/h4-9,12-13H,10-11H2,1-3H3,(H,23,26). The molecule has 0 saturated carbocycles. The summed E-state index contributed by atoms with van der Waals surface area (Å²) in [6.45, 7) is 0.547. The molecule has 0 aliphatic heterocycles. The molecule has 152 valence electrons. The molecule has 1 N–H and O–H groups in total. The van der Waals surface area contributed by atoms with Gasteiger partial charge in [-0.25, -0.2) is 4.39 Å². The van der Waals surface area contributed by atoms with Crippen molar-refractivity contribution in [1.82, 2.24) is 15.1 Å². The van der Waals surface area contributed by atoms with E-state index in [1.165, 1.54) is 28.9 Å². The van der Waals surface area contributed by atoms with Crippen LogP contribution in [0.15, 0.2) is 48.5 Å². The zero-order valence-corrected chi connectivity index (χ0v) is 16.4. The van der Waals surface area contributed by atoms with Crippen molar-refractivity contribution >= 4 is 5.91 Å². The average Bonchev–Trinajstić information content (AvgIpc) is 3.13. The number of aryl methyl sites for hydroxylation is 1. The minimum Gasteiger partial charge on any atom is -0.497 e. The maximum absolute atomic E-state index is 12.9. The van der Waals surface area contributed by atoms with Crippen molar-refractivity contribution < 1.29 is 23.4 Å². The Labute approximate surface area is 168 Å². The van der Waals surface area contributed by atoms with Crippen molar-refractivity contribution in [2.75, 3.05) is 27.4 Å². The highest BCUT2D eigenvalue weighted by molar-refractivity contribution is 5.94. The number of halogens is 1. The lowest BCUT2D eigenvalue weighted by Crippen LogP contribution is -2.29. The van der Waals surface area contributed by atoms with Gasteiger partial charge >= 0.3 is 0 Å². The number of carbonyl (C=O) groups is 1. The highest BCUT2D eigenvalue weighted by Crippen LogP contribution is 2.32. The summed E-state index contributed by atoms with van der Waals surface area (Å²) in [5.41, 5.74) is 1.71. The van der Waals surface area contributed by atoms with E-state index >= 15 is 0 Å². The highest BCUT2D eigenvalue weighted by atomic mass is 19.1. The lowest BCUT2D eigenvalue weighted by Gasteiger charge is -2.08. The van der Waals surface area contributed by atoms with Crippen LogP contribution in [0.2, 0.25) is 0 Å². The molecule has 3 rings (SSSR count). The van der Waals surface area contributed by atoms with Gasteiger partial charge in [0.15, 0.2) is 0 Å². The molecule has 0 aliphatic rings. The second-order valence-corrected chi connectivity index (χ2v) is 6.16. The molecule has 0 saturated heterocycles. The minimum atomic E-state index is -0.328. The van der Waals surface area contributed by atoms with Crippen LogP contribution in [0, 0.1) is 5.82 Å². The van der Waals surface area contributed by atoms with Gasteiger partial charge in [-0.1, -0.05) is 0 Å². The SMILES string of the molecule is COc1ccc(OC)c(-c2cc(C(=O)NCCOc3ccc(F)cc3)n(C)n2)c1. The van der Waals surface area contributed by atoms with E-state index in [0.29, 0.717) is 35.2 Å². The van der Waals surface area contributed by atoms with Gasteiger partial charge in [-0.15, -0.1) is 0 Å². The third kappa shape index (κ3) is 4.84. The quantitative estimate of drug-likeness (QED) is 0.590. The number of carbonyl (C=O) groups excluding carboxylic acids is 1. The largest absolute Gasteiger partial charge is 0.497 e. The van der Waals surface area contributed by atoms with E-state index in [4.69, 9.17) is 14.2 Å². The lowest BCUT2D eigenvalue weighted by molar-refractivity contribution is 0.0937. The van der Waals surface area contributed by atoms with Crippen molar-refractivity contribution in [2.24, 2.45) is 7.05 Å². The summed E-state index contributed by atoms with van der Waals surface area (Å²) in [7, 11) is 4.85. The summed E-state index contributed by atoms with van der Waals surface area (Å²) in [6.07, 6.45) is 0. The van der Waals surface area contributed by atoms with E-state index in [9.17, 15) is 9.18 Å². The van der Waals surface area contributed by atoms with Crippen molar-refractivity contribution in [3.63, 3.8) is 0 Å². The number of hydrogen-bond donors (Lipinski definition) is 1. The Morgan fingerprint density at radius 2 is 1.79 bits per heavy atom. The van der Waals surface area contributed by atoms with E-state index in [-0.39, 0.29) is 18.3 Å². The number of ether oxygens (including phenoxy) is 3. The van der Waals surface area contributed by atoms with Gasteiger partial charge in [-0.3, -0.25) is 9.48 Å². The molecule has 0 bridgehead atoms. The molecule has 1 amide bonds. The van der Waals surface area contributed by atoms with E-state index in [1.54, 1.807) is 45.5 Å². The van der Waals surface area contributed by atoms with Gasteiger partial charge in [0.25, 0.3) is 5.91 Å². The molecular formula is C21H22FN3O4. The third-order valence-electron chi connectivity index (χ3n) is 4.27. The monoisotopic (exact) mass is 399 g/mol. The van der Waals surface area contributed by atoms with Crippen LogP contribution in [0.1, 0.15) is 10.5 Å². The molecular weight excluding hydrogens is 377 g/mol. The summed E-state index contributed by atoms with van der Waals surface area (Å²) < 4.78 is 30.5. The van der Waals surface area contributed by atoms with Crippen LogP contribution in [0.4, 0.5) is 4.39 Å². The zero-order valence-electron chi connectivity index (χ0n) is 16.4. The van der Waals surface area contributed by atoms with Gasteiger partial charge in [-0.2, -0.15) is 5.10 Å². The fraction of sp³-hybridized carbons (Fsp3) is 0.238. The number of methoxy groups -OCH3 is 2. The molecule has 2 aromatic carbocycles. The zero-order chi connectivity index (χ0) is 20.8. The molecule has 29 heavy (non-hydrogen) atoms. The first-order valence-corrected chi connectivity index (χ1v) is 8.95. The van der Waals surface area contributed by atoms with Gasteiger partial charge in [0.2, 0.25) is 0 Å². The minimum absolute atomic E-state index is 0.256. The maximum atomic E-state index is 12.9. The molecule has 0 radical (unpaired) electrons. The number of aromatic nitrogens is 2. The number of amides is 1. The third-order valence-corrected chi connectivity index (χ3v) is 4.27. The van der Waals surface area contributed by atoms with Crippen molar-refractivity contribution in [1.29, 1.82) is 0 Å². The molecule has 1 aromatic heterocycles. The summed E-state index contributed by atoms with van der Waals surface area (Å²) in [4.78, 5) is 12.5. The second kappa shape index (κ2) is 9.09. The Hall–Kier alpha value is -3.55. The topological polar surface area (TPSA) is 74.6 Å². The van der Waals surface area contributed by atoms with Crippen molar-refractivity contribution in [2.45, 2.75) is 0 Å². The second-order valence-electron chi connectivity index (χ2n) is 6.16. The Morgan fingerprint density at radius 1 is 1.07 bits per heavy atom. The predicted molar refractivity (Wildman–Crippen MR) is 106 cm³/mol. The van der Waals surface area contributed by atoms with E-state index in [0.717, 1.165) is 5.56 Å². The summed E-state index contributed by atoms with van der Waals surface area (Å²) in [6, 6.07) is 12.8. The van der Waals surface area contributed by atoms with Crippen LogP contribution >= 0.6 is 0 Å². The Kier molecular flexibility index (Phi) is 6.33. The van der Waals surface area contributed by atoms with Crippen LogP contribution < -0.4 is 19.5 Å². The summed E-state index contributed by atoms with van der Waals surface area (Å²) in [5.74, 6) is 1.22. The molecule has 7 nitrogen and oxygen atoms in total. The number of nitrogens with zero attached hydrogens (tertiary/aromatic N) is 2. The summed E-state index contributed by atoms with van der Waals surface area (Å²) >= 11 is 0. The van der Waals surface area contributed by atoms with Crippen LogP contribution in [0.25, 0.3) is 11.3 Å². The van der Waals surface area contributed by atoms with E-state index in [1.807, 2.05) is 0 Å². The number of benzene rings is 2. The summed E-state index contributed by atoms with van der Waals surface area (Å²) in [5, 5.41) is 7.21. The van der Waals surface area contributed by atoms with Crippen LogP contribution in [-0.4, -0.2) is 43.1 Å². The maximum Gasteiger partial charge on any atom is 0.269 e. The van der Waals surface area contributed by atoms with E-state index < -0.39 is 0 Å². The Bertz CT molecular complexity index is 986. The van der Waals surface area contributed by atoms with Crippen molar-refractivity contribution in [3.8, 4) is 28.5 Å². The van der Waals surface area contributed by atoms with Gasteiger partial charge < -0.3 is 19.5 Å². The Balaban J connectivity index is 1.65. The molecule has 0 fully saturated rings. The molecule has 1 heterocycles. The van der Waals surface area contributed by atoms with Crippen LogP contribution in [-0.2, 0) is 7.05 Å². The Morgan fingerprint density at radius 3 is 2.48 bits per heavy atom. The molecule has 0 unspecified atom stereocenters. The molecule has 3 aromatic rings. The fourth-order valence-electron chi connectivity index (χ4n) is 2.78. The average molecular weight is 399 g/mol. The molecule has 0 aliphatic carbocycles. The van der Waals surface area contributed by atoms with Gasteiger partial charge in [0, 0.05) is 12.6 Å². The van der Waals surface area contributed by atoms with Crippen LogP contribution in [0.3, 0.4) is 0 Å². The van der Waals surface area contributed by atoms with Crippen molar-refractivity contribution in [3.05, 3.63) is 60.0 Å². The molecule has 0 spiro atoms. The highest BCUT2D eigenvalue weighted by Gasteiger charge is 2.17. The first-order chi connectivity index (χ1) is 14.0. The fourth-order valence-corrected chi connectivity index (χ4v) is 2.78. The normalized spacial score (nSPS) is 10.5. The number of rotatable bonds is 8. The van der Waals surface area contributed by atoms with Gasteiger partial charge in [-0.05, 0) is 48.5 Å². The smallest absolute Gasteiger partial charge is 0.269 e. The number of nitrogens with one attached hydrogen (secondary N) is 1. The first kappa shape index (κ1) is 20.2. The first-order valence-electron chi connectivity index (χ1n) is 8.95. The van der Waals surface area contributed by atoms with Gasteiger partial charge in [0.1, 0.15) is 35.4 Å². The number of hydrogen-bond acceptors (Lipinski definition) is 5. The van der Waals surface area contributed by atoms with Crippen LogP contribution in [0.5, 0.6) is 17.2 Å². The van der Waals surface area contributed by atoms with E-state index in [2.05, 4.69) is 10.4 Å². The predicted octanol–water partition coefficient (Wildman–Crippen LogP) is 3.05. The molecule has 8 heteroatoms. The lowest BCUT2D eigenvalue weighted by atomic mass is 10.1. The molecule has 0 atom stereocenters.